The maximum Gasteiger partial charge on any atom is 0.253 e. The van der Waals surface area contributed by atoms with E-state index in [0.29, 0.717) is 5.69 Å². The van der Waals surface area contributed by atoms with Crippen LogP contribution < -0.4 is 11.1 Å². The lowest BCUT2D eigenvalue weighted by Crippen LogP contribution is -2.13. The van der Waals surface area contributed by atoms with Crippen molar-refractivity contribution in [2.24, 2.45) is 17.8 Å². The van der Waals surface area contributed by atoms with Gasteiger partial charge in [0.1, 0.15) is 5.84 Å². The van der Waals surface area contributed by atoms with Crippen LogP contribution in [-0.4, -0.2) is 21.3 Å². The molecule has 2 rings (SSSR count). The molecule has 116 valence electrons. The predicted molar refractivity (Wildman–Crippen MR) is 84.8 cm³/mol. The minimum atomic E-state index is -0.585. The number of nitrogens with two attached hydrogens (primary N) is 1. The van der Waals surface area contributed by atoms with Gasteiger partial charge in [-0.1, -0.05) is 0 Å². The van der Waals surface area contributed by atoms with Gasteiger partial charge in [-0.25, -0.2) is 4.98 Å². The van der Waals surface area contributed by atoms with Crippen molar-refractivity contribution in [1.82, 2.24) is 9.55 Å². The Morgan fingerprint density at radius 1 is 1.59 bits per heavy atom. The van der Waals surface area contributed by atoms with Crippen molar-refractivity contribution in [3.8, 4) is 0 Å². The van der Waals surface area contributed by atoms with Gasteiger partial charge in [-0.05, 0) is 24.3 Å². The van der Waals surface area contributed by atoms with E-state index in [2.05, 4.69) is 15.3 Å². The molecule has 0 bridgehead atoms. The topological polar surface area (TPSA) is 85.3 Å². The van der Waals surface area contributed by atoms with Gasteiger partial charge < -0.3 is 15.6 Å². The molecule has 0 fully saturated rings. The number of amides is 1. The molecule has 0 atom stereocenters. The Bertz CT molecular complexity index is 726. The fraction of sp³-hybridized carbons (Fsp3) is 0.133. The highest BCUT2D eigenvalue weighted by Crippen LogP contribution is 2.06. The van der Waals surface area contributed by atoms with Crippen molar-refractivity contribution in [1.29, 1.82) is 0 Å². The van der Waals surface area contributed by atoms with Gasteiger partial charge in [-0.2, -0.15) is 9.38 Å². The number of aryl methyl sites for hydroxylation is 1. The first-order valence-corrected chi connectivity index (χ1v) is 6.56. The van der Waals surface area contributed by atoms with E-state index in [9.17, 15) is 9.18 Å². The summed E-state index contributed by atoms with van der Waals surface area (Å²) in [5, 5.41) is 2.81. The minimum Gasteiger partial charge on any atom is -0.384 e. The third-order valence-corrected chi connectivity index (χ3v) is 2.87. The Hall–Kier alpha value is -2.96. The average molecular weight is 303 g/mol. The van der Waals surface area contributed by atoms with Gasteiger partial charge in [0.15, 0.2) is 0 Å². The zero-order valence-corrected chi connectivity index (χ0v) is 12.0. The Morgan fingerprint density at radius 2 is 2.41 bits per heavy atom. The van der Waals surface area contributed by atoms with Crippen LogP contribution in [0, 0.1) is 5.95 Å². The standard InChI is InChI=1S/C15H16FN5O.H2/c1-21-8-2-3-12(21)10-15(22)20-14(17)5-7-18-11-4-6-19-13(16)9-11;/h2-9H,10H2,1H3,(H,18,19)(H2,17,20,22);1H/b7-5-;. The van der Waals surface area contributed by atoms with Crippen LogP contribution >= 0.6 is 0 Å². The molecule has 0 radical (unpaired) electrons. The summed E-state index contributed by atoms with van der Waals surface area (Å²) >= 11 is 0. The predicted octanol–water partition coefficient (Wildman–Crippen LogP) is 1.86. The number of aromatic nitrogens is 2. The molecule has 0 unspecified atom stereocenters. The summed E-state index contributed by atoms with van der Waals surface area (Å²) in [7, 11) is 1.85. The molecule has 0 saturated heterocycles. The van der Waals surface area contributed by atoms with Crippen LogP contribution in [-0.2, 0) is 18.3 Å². The second kappa shape index (κ2) is 7.16. The van der Waals surface area contributed by atoms with E-state index in [1.807, 2.05) is 29.9 Å². The van der Waals surface area contributed by atoms with Crippen LogP contribution in [0.2, 0.25) is 0 Å². The SMILES string of the molecule is Cn1cccc1CC(=O)N=C(N)/C=C\Nc1ccnc(F)c1.[HH]. The summed E-state index contributed by atoms with van der Waals surface area (Å²) in [5.74, 6) is -0.849. The number of rotatable bonds is 5. The average Bonchev–Trinajstić information content (AvgIpc) is 2.84. The number of aliphatic imine (C=N–C) groups is 1. The lowest BCUT2D eigenvalue weighted by atomic mass is 10.3. The molecule has 1 amide bonds. The highest BCUT2D eigenvalue weighted by molar-refractivity contribution is 6.00. The number of carbonyl (C=O) groups is 1. The number of halogens is 1. The highest BCUT2D eigenvalue weighted by atomic mass is 19.1. The van der Waals surface area contributed by atoms with Crippen LogP contribution in [0.25, 0.3) is 0 Å². The minimum absolute atomic E-state index is 0. The van der Waals surface area contributed by atoms with Gasteiger partial charge in [0.05, 0.1) is 6.42 Å². The first-order valence-electron chi connectivity index (χ1n) is 6.56. The van der Waals surface area contributed by atoms with E-state index in [1.165, 1.54) is 24.5 Å². The number of amidine groups is 1. The summed E-state index contributed by atoms with van der Waals surface area (Å²) in [6, 6.07) is 6.53. The largest absolute Gasteiger partial charge is 0.384 e. The van der Waals surface area contributed by atoms with Crippen LogP contribution in [0.1, 0.15) is 7.12 Å². The van der Waals surface area contributed by atoms with E-state index in [0.717, 1.165) is 5.69 Å². The van der Waals surface area contributed by atoms with Gasteiger partial charge in [0.25, 0.3) is 5.91 Å². The molecule has 7 heteroatoms. The van der Waals surface area contributed by atoms with Gasteiger partial charge in [-0.3, -0.25) is 4.79 Å². The van der Waals surface area contributed by atoms with E-state index < -0.39 is 5.95 Å². The molecule has 0 aliphatic carbocycles. The van der Waals surface area contributed by atoms with Gasteiger partial charge >= 0.3 is 0 Å². The molecule has 0 aliphatic rings. The van der Waals surface area contributed by atoms with Crippen molar-refractivity contribution in [2.45, 2.75) is 6.42 Å². The van der Waals surface area contributed by atoms with E-state index >= 15 is 0 Å². The highest BCUT2D eigenvalue weighted by Gasteiger charge is 2.04. The van der Waals surface area contributed by atoms with Crippen LogP contribution in [0.3, 0.4) is 0 Å². The molecule has 2 heterocycles. The smallest absolute Gasteiger partial charge is 0.253 e. The number of nitrogens with zero attached hydrogens (tertiary/aromatic N) is 3. The number of hydrogen-bond acceptors (Lipinski definition) is 3. The summed E-state index contributed by atoms with van der Waals surface area (Å²) in [6.07, 6.45) is 6.28. The van der Waals surface area contributed by atoms with Crippen molar-refractivity contribution in [2.75, 3.05) is 5.32 Å². The maximum atomic E-state index is 12.9. The van der Waals surface area contributed by atoms with Crippen LogP contribution in [0.4, 0.5) is 10.1 Å². The molecule has 0 spiro atoms. The first-order chi connectivity index (χ1) is 10.5. The molecule has 2 aromatic rings. The first kappa shape index (κ1) is 15.4. The van der Waals surface area contributed by atoms with Gasteiger partial charge in [0, 0.05) is 44.5 Å². The molecular formula is C15H18FN5O. The van der Waals surface area contributed by atoms with Gasteiger partial charge in [-0.15, -0.1) is 0 Å². The fourth-order valence-electron chi connectivity index (χ4n) is 1.77. The fourth-order valence-corrected chi connectivity index (χ4v) is 1.77. The second-order valence-electron chi connectivity index (χ2n) is 4.56. The van der Waals surface area contributed by atoms with E-state index in [-0.39, 0.29) is 19.6 Å². The molecule has 0 aromatic carbocycles. The van der Waals surface area contributed by atoms with Crippen molar-refractivity contribution in [3.05, 3.63) is 60.6 Å². The Balaban J connectivity index is 0.00000264. The summed E-state index contributed by atoms with van der Waals surface area (Å²) in [6.45, 7) is 0. The quantitative estimate of drug-likeness (QED) is 0.501. The lowest BCUT2D eigenvalue weighted by molar-refractivity contribution is -0.117. The van der Waals surface area contributed by atoms with Crippen LogP contribution in [0.5, 0.6) is 0 Å². The van der Waals surface area contributed by atoms with Crippen LogP contribution in [0.15, 0.2) is 53.9 Å². The third kappa shape index (κ3) is 4.55. The zero-order chi connectivity index (χ0) is 15.9. The number of nitrogens with one attached hydrogen (secondary N) is 1. The van der Waals surface area contributed by atoms with Crippen molar-refractivity contribution < 1.29 is 10.6 Å². The summed E-state index contributed by atoms with van der Waals surface area (Å²) in [4.78, 5) is 19.0. The molecule has 22 heavy (non-hydrogen) atoms. The van der Waals surface area contributed by atoms with Gasteiger partial charge in [0.2, 0.25) is 5.95 Å². The maximum absolute atomic E-state index is 12.9. The molecule has 0 saturated carbocycles. The molecule has 2 aromatic heterocycles. The number of carbonyl (C=O) groups excluding carboxylic acids is 1. The third-order valence-electron chi connectivity index (χ3n) is 2.87. The zero-order valence-electron chi connectivity index (χ0n) is 12.0. The van der Waals surface area contributed by atoms with Crippen molar-refractivity contribution in [3.63, 3.8) is 0 Å². The number of pyridine rings is 1. The van der Waals surface area contributed by atoms with Crippen molar-refractivity contribution >= 4 is 17.4 Å². The normalized spacial score (nSPS) is 11.8. The molecule has 6 nitrogen and oxygen atoms in total. The van der Waals surface area contributed by atoms with E-state index in [1.54, 1.807) is 6.07 Å². The Kier molecular flexibility index (Phi) is 5.02. The second-order valence-corrected chi connectivity index (χ2v) is 4.56. The summed E-state index contributed by atoms with van der Waals surface area (Å²) < 4.78 is 14.7. The number of anilines is 1. The lowest BCUT2D eigenvalue weighted by Gasteiger charge is -2.00. The molecule has 3 N–H and O–H groups in total. The van der Waals surface area contributed by atoms with E-state index in [4.69, 9.17) is 5.73 Å². The summed E-state index contributed by atoms with van der Waals surface area (Å²) in [5.41, 5.74) is 7.02. The molecule has 0 aliphatic heterocycles. The molecular weight excluding hydrogens is 285 g/mol. The Morgan fingerprint density at radius 3 is 3.09 bits per heavy atom. The Labute approximate surface area is 128 Å². The number of hydrogen-bond donors (Lipinski definition) is 2. The monoisotopic (exact) mass is 303 g/mol.